The van der Waals surface area contributed by atoms with Crippen LogP contribution in [0.15, 0.2) is 59.0 Å². The summed E-state index contributed by atoms with van der Waals surface area (Å²) in [7, 11) is 0. The first-order valence-corrected chi connectivity index (χ1v) is 8.93. The number of aromatic nitrogens is 3. The molecule has 0 atom stereocenters. The minimum Gasteiger partial charge on any atom is -0.481 e. The van der Waals surface area contributed by atoms with E-state index in [4.69, 9.17) is 4.42 Å². The van der Waals surface area contributed by atoms with Gasteiger partial charge in [-0.15, -0.1) is 0 Å². The van der Waals surface area contributed by atoms with Crippen LogP contribution in [0.4, 0.5) is 0 Å². The van der Waals surface area contributed by atoms with Gasteiger partial charge in [0, 0.05) is 16.8 Å². The summed E-state index contributed by atoms with van der Waals surface area (Å²) in [6.07, 6.45) is 1.62. The minimum atomic E-state index is -0.945. The number of hydrogen-bond donors (Lipinski definition) is 1. The molecule has 140 valence electrons. The number of nitrogens with zero attached hydrogens (tertiary/aromatic N) is 3. The van der Waals surface area contributed by atoms with Crippen molar-refractivity contribution in [3.63, 3.8) is 0 Å². The minimum absolute atomic E-state index is 0.192. The molecule has 0 spiro atoms. The number of carboxylic acid groups (broad SMARTS) is 1. The van der Waals surface area contributed by atoms with Crippen LogP contribution < -0.4 is 0 Å². The number of carboxylic acids is 1. The van der Waals surface area contributed by atoms with Gasteiger partial charge in [0.25, 0.3) is 0 Å². The first-order chi connectivity index (χ1) is 13.5. The second-order valence-corrected chi connectivity index (χ2v) is 6.56. The summed E-state index contributed by atoms with van der Waals surface area (Å²) >= 11 is 0. The summed E-state index contributed by atoms with van der Waals surface area (Å²) in [6, 6.07) is 17.2. The van der Waals surface area contributed by atoms with E-state index < -0.39 is 5.97 Å². The maximum Gasteiger partial charge on any atom is 0.308 e. The van der Waals surface area contributed by atoms with E-state index in [9.17, 15) is 9.90 Å². The molecule has 0 saturated heterocycles. The quantitative estimate of drug-likeness (QED) is 0.551. The molecule has 0 unspecified atom stereocenters. The Morgan fingerprint density at radius 3 is 2.54 bits per heavy atom. The van der Waals surface area contributed by atoms with Crippen LogP contribution in [-0.2, 0) is 4.79 Å². The van der Waals surface area contributed by atoms with Crippen molar-refractivity contribution < 1.29 is 14.3 Å². The van der Waals surface area contributed by atoms with Crippen LogP contribution in [0.5, 0.6) is 0 Å². The van der Waals surface area contributed by atoms with Crippen LogP contribution in [0.2, 0.25) is 0 Å². The van der Waals surface area contributed by atoms with Gasteiger partial charge in [0.15, 0.2) is 5.58 Å². The Morgan fingerprint density at radius 1 is 1.11 bits per heavy atom. The number of oxazole rings is 1. The number of aryl methyl sites for hydroxylation is 1. The molecule has 2 aromatic heterocycles. The van der Waals surface area contributed by atoms with Crippen molar-refractivity contribution in [3.05, 3.63) is 77.4 Å². The van der Waals surface area contributed by atoms with Gasteiger partial charge in [0.05, 0.1) is 17.8 Å². The maximum absolute atomic E-state index is 11.5. The lowest BCUT2D eigenvalue weighted by molar-refractivity contribution is -0.135. The molecular formula is C22H19N3O3. The third-order valence-corrected chi connectivity index (χ3v) is 4.58. The zero-order valence-corrected chi connectivity index (χ0v) is 15.6. The van der Waals surface area contributed by atoms with Crippen molar-refractivity contribution in [2.75, 3.05) is 0 Å². The molecule has 0 aliphatic heterocycles. The van der Waals surface area contributed by atoms with Gasteiger partial charge in [-0.25, -0.2) is 9.67 Å². The second-order valence-electron chi connectivity index (χ2n) is 6.56. The van der Waals surface area contributed by atoms with Gasteiger partial charge in [-0.1, -0.05) is 30.3 Å². The van der Waals surface area contributed by atoms with Crippen molar-refractivity contribution in [1.29, 1.82) is 0 Å². The van der Waals surface area contributed by atoms with Gasteiger partial charge in [0.2, 0.25) is 5.89 Å². The van der Waals surface area contributed by atoms with Gasteiger partial charge in [-0.2, -0.15) is 5.10 Å². The lowest BCUT2D eigenvalue weighted by Crippen LogP contribution is -1.99. The lowest BCUT2D eigenvalue weighted by Gasteiger charge is -2.04. The summed E-state index contributed by atoms with van der Waals surface area (Å²) in [6.45, 7) is 3.87. The van der Waals surface area contributed by atoms with E-state index in [0.717, 1.165) is 22.6 Å². The van der Waals surface area contributed by atoms with Crippen LogP contribution in [0, 0.1) is 13.8 Å². The Hall–Kier alpha value is -3.67. The molecule has 2 aromatic carbocycles. The van der Waals surface area contributed by atoms with Gasteiger partial charge in [-0.3, -0.25) is 4.79 Å². The fourth-order valence-corrected chi connectivity index (χ4v) is 3.22. The van der Waals surface area contributed by atoms with Crippen molar-refractivity contribution in [1.82, 2.24) is 14.8 Å². The first-order valence-electron chi connectivity index (χ1n) is 8.93. The molecule has 4 rings (SSSR count). The van der Waals surface area contributed by atoms with E-state index >= 15 is 0 Å². The predicted molar refractivity (Wildman–Crippen MR) is 107 cm³/mol. The zero-order chi connectivity index (χ0) is 19.7. The van der Waals surface area contributed by atoms with Crippen LogP contribution in [0.1, 0.15) is 29.3 Å². The Bertz CT molecular complexity index is 1150. The van der Waals surface area contributed by atoms with Crippen LogP contribution >= 0.6 is 0 Å². The van der Waals surface area contributed by atoms with Crippen LogP contribution in [0.3, 0.4) is 0 Å². The van der Waals surface area contributed by atoms with E-state index in [0.29, 0.717) is 22.6 Å². The van der Waals surface area contributed by atoms with E-state index in [1.165, 1.54) is 0 Å². The topological polar surface area (TPSA) is 81.2 Å². The normalized spacial score (nSPS) is 11.9. The highest BCUT2D eigenvalue weighted by Gasteiger charge is 2.18. The summed E-state index contributed by atoms with van der Waals surface area (Å²) in [5, 5.41) is 14.0. The molecule has 0 amide bonds. The van der Waals surface area contributed by atoms with Crippen molar-refractivity contribution in [3.8, 4) is 5.69 Å². The highest BCUT2D eigenvalue weighted by atomic mass is 16.4. The largest absolute Gasteiger partial charge is 0.481 e. The van der Waals surface area contributed by atoms with E-state index in [1.54, 1.807) is 0 Å². The summed E-state index contributed by atoms with van der Waals surface area (Å²) < 4.78 is 7.66. The number of rotatable bonds is 5. The van der Waals surface area contributed by atoms with Gasteiger partial charge in [0.1, 0.15) is 5.52 Å². The monoisotopic (exact) mass is 373 g/mol. The molecule has 0 radical (unpaired) electrons. The van der Waals surface area contributed by atoms with E-state index in [-0.39, 0.29) is 6.42 Å². The van der Waals surface area contributed by atoms with Crippen molar-refractivity contribution >= 4 is 28.7 Å². The number of aliphatic carboxylic acids is 1. The summed E-state index contributed by atoms with van der Waals surface area (Å²) in [4.78, 5) is 15.9. The molecule has 6 heteroatoms. The van der Waals surface area contributed by atoms with Crippen LogP contribution in [0.25, 0.3) is 28.4 Å². The molecule has 2 heterocycles. The lowest BCUT2D eigenvalue weighted by atomic mass is 10.1. The Kier molecular flexibility index (Phi) is 4.53. The fraction of sp³-hybridized carbons (Fsp3) is 0.136. The maximum atomic E-state index is 11.5. The SMILES string of the molecule is Cc1nn(-c2ccccc2)c(C)c1/C=C(\CC(=O)O)c1nc2ccccc2o1. The smallest absolute Gasteiger partial charge is 0.308 e. The van der Waals surface area contributed by atoms with Gasteiger partial charge in [-0.05, 0) is 44.2 Å². The standard InChI is InChI=1S/C22H19N3O3/c1-14-18(15(2)25(24-14)17-8-4-3-5-9-17)12-16(13-21(26)27)22-23-19-10-6-7-11-20(19)28-22/h3-12H,13H2,1-2H3,(H,26,27)/b16-12+. The number of carbonyl (C=O) groups is 1. The van der Waals surface area contributed by atoms with Gasteiger partial charge < -0.3 is 9.52 Å². The van der Waals surface area contributed by atoms with E-state index in [1.807, 2.05) is 79.2 Å². The summed E-state index contributed by atoms with van der Waals surface area (Å²) in [5.74, 6) is -0.630. The molecular weight excluding hydrogens is 354 g/mol. The fourth-order valence-electron chi connectivity index (χ4n) is 3.22. The number of fused-ring (bicyclic) bond motifs is 1. The Balaban J connectivity index is 1.83. The van der Waals surface area contributed by atoms with Crippen LogP contribution in [-0.4, -0.2) is 25.8 Å². The molecule has 1 N–H and O–H groups in total. The number of para-hydroxylation sites is 3. The summed E-state index contributed by atoms with van der Waals surface area (Å²) in [5.41, 5.74) is 5.36. The van der Waals surface area contributed by atoms with E-state index in [2.05, 4.69) is 10.1 Å². The molecule has 0 bridgehead atoms. The molecule has 28 heavy (non-hydrogen) atoms. The predicted octanol–water partition coefficient (Wildman–Crippen LogP) is 4.65. The third kappa shape index (κ3) is 3.32. The molecule has 6 nitrogen and oxygen atoms in total. The Labute approximate surface area is 161 Å². The average Bonchev–Trinajstić information content (AvgIpc) is 3.24. The molecule has 0 aliphatic rings. The third-order valence-electron chi connectivity index (χ3n) is 4.58. The second kappa shape index (κ2) is 7.15. The number of hydrogen-bond acceptors (Lipinski definition) is 4. The van der Waals surface area contributed by atoms with Gasteiger partial charge >= 0.3 is 5.97 Å². The molecule has 0 saturated carbocycles. The number of benzene rings is 2. The van der Waals surface area contributed by atoms with Crippen molar-refractivity contribution in [2.45, 2.75) is 20.3 Å². The molecule has 0 fully saturated rings. The molecule has 4 aromatic rings. The highest BCUT2D eigenvalue weighted by molar-refractivity contribution is 5.91. The zero-order valence-electron chi connectivity index (χ0n) is 15.6. The first kappa shape index (κ1) is 17.7. The molecule has 0 aliphatic carbocycles. The van der Waals surface area contributed by atoms with Crippen molar-refractivity contribution in [2.24, 2.45) is 0 Å². The average molecular weight is 373 g/mol. The highest BCUT2D eigenvalue weighted by Crippen LogP contribution is 2.28. The Morgan fingerprint density at radius 2 is 1.82 bits per heavy atom.